The van der Waals surface area contributed by atoms with Crippen molar-refractivity contribution in [3.05, 3.63) is 54.1 Å². The highest BCUT2D eigenvalue weighted by molar-refractivity contribution is 7.92. The lowest BCUT2D eigenvalue weighted by atomic mass is 10.0. The van der Waals surface area contributed by atoms with Crippen molar-refractivity contribution >= 4 is 33.2 Å². The van der Waals surface area contributed by atoms with Gasteiger partial charge in [0, 0.05) is 16.9 Å². The zero-order valence-corrected chi connectivity index (χ0v) is 19.0. The summed E-state index contributed by atoms with van der Waals surface area (Å²) in [6.45, 7) is 5.46. The summed E-state index contributed by atoms with van der Waals surface area (Å²) >= 11 is 0. The van der Waals surface area contributed by atoms with Crippen molar-refractivity contribution in [3.63, 3.8) is 0 Å². The third kappa shape index (κ3) is 7.29. The highest BCUT2D eigenvalue weighted by Crippen LogP contribution is 2.17. The third-order valence-corrected chi connectivity index (χ3v) is 5.98. The van der Waals surface area contributed by atoms with E-state index >= 15 is 0 Å². The molecule has 2 aromatic carbocycles. The molecule has 1 unspecified atom stereocenters. The van der Waals surface area contributed by atoms with Gasteiger partial charge in [-0.15, -0.1) is 0 Å². The Morgan fingerprint density at radius 2 is 1.55 bits per heavy atom. The minimum atomic E-state index is -3.38. The maximum absolute atomic E-state index is 12.8. The predicted molar refractivity (Wildman–Crippen MR) is 122 cm³/mol. The number of ether oxygens (including phenoxy) is 1. The van der Waals surface area contributed by atoms with Crippen molar-refractivity contribution in [3.8, 4) is 5.75 Å². The largest absolute Gasteiger partial charge is 0.497 e. The van der Waals surface area contributed by atoms with Gasteiger partial charge in [-0.05, 0) is 60.9 Å². The molecule has 168 valence electrons. The van der Waals surface area contributed by atoms with E-state index in [0.717, 1.165) is 0 Å². The van der Waals surface area contributed by atoms with E-state index in [2.05, 4.69) is 15.4 Å². The molecule has 3 N–H and O–H groups in total. The van der Waals surface area contributed by atoms with E-state index in [0.29, 0.717) is 29.1 Å². The summed E-state index contributed by atoms with van der Waals surface area (Å²) < 4.78 is 31.3. The van der Waals surface area contributed by atoms with Gasteiger partial charge >= 0.3 is 0 Å². The zero-order valence-electron chi connectivity index (χ0n) is 18.1. The summed E-state index contributed by atoms with van der Waals surface area (Å²) in [6.07, 6.45) is 0.516. The number of hydrogen-bond acceptors (Lipinski definition) is 5. The Bertz CT molecular complexity index is 987. The Labute approximate surface area is 183 Å². The van der Waals surface area contributed by atoms with E-state index in [1.807, 2.05) is 13.8 Å². The number of rotatable bonds is 10. The van der Waals surface area contributed by atoms with Gasteiger partial charge in [-0.3, -0.25) is 14.3 Å². The van der Waals surface area contributed by atoms with Crippen LogP contribution in [0.1, 0.15) is 37.6 Å². The molecule has 31 heavy (non-hydrogen) atoms. The molecular formula is C22H29N3O5S. The SMILES string of the molecule is CCCS(=O)(=O)Nc1ccc(NC(=O)C(NC(=O)c2ccc(OC)cc2)C(C)C)cc1. The van der Waals surface area contributed by atoms with E-state index in [1.54, 1.807) is 62.6 Å². The van der Waals surface area contributed by atoms with Crippen molar-refractivity contribution in [2.75, 3.05) is 22.9 Å². The van der Waals surface area contributed by atoms with E-state index in [9.17, 15) is 18.0 Å². The fourth-order valence-electron chi connectivity index (χ4n) is 2.84. The van der Waals surface area contributed by atoms with Crippen molar-refractivity contribution in [2.24, 2.45) is 5.92 Å². The smallest absolute Gasteiger partial charge is 0.251 e. The molecular weight excluding hydrogens is 418 g/mol. The molecule has 0 fully saturated rings. The standard InChI is InChI=1S/C22H29N3O5S/c1-5-14-31(28,29)25-18-10-8-17(9-11-18)23-22(27)20(15(2)3)24-21(26)16-6-12-19(30-4)13-7-16/h6-13,15,20,25H,5,14H2,1-4H3,(H,23,27)(H,24,26). The first-order valence-electron chi connectivity index (χ1n) is 10.0. The Morgan fingerprint density at radius 1 is 0.968 bits per heavy atom. The fourth-order valence-corrected chi connectivity index (χ4v) is 3.98. The number of nitrogens with one attached hydrogen (secondary N) is 3. The molecule has 1 atom stereocenters. The fraction of sp³-hybridized carbons (Fsp3) is 0.364. The number of sulfonamides is 1. The van der Waals surface area contributed by atoms with Crippen LogP contribution < -0.4 is 20.1 Å². The van der Waals surface area contributed by atoms with Gasteiger partial charge in [-0.2, -0.15) is 0 Å². The lowest BCUT2D eigenvalue weighted by molar-refractivity contribution is -0.118. The van der Waals surface area contributed by atoms with Gasteiger partial charge in [-0.1, -0.05) is 20.8 Å². The molecule has 0 spiro atoms. The minimum Gasteiger partial charge on any atom is -0.497 e. The molecule has 8 nitrogen and oxygen atoms in total. The van der Waals surface area contributed by atoms with Crippen molar-refractivity contribution in [1.82, 2.24) is 5.32 Å². The topological polar surface area (TPSA) is 114 Å². The normalized spacial score (nSPS) is 12.2. The van der Waals surface area contributed by atoms with Crippen molar-refractivity contribution in [1.29, 1.82) is 0 Å². The Morgan fingerprint density at radius 3 is 2.06 bits per heavy atom. The van der Waals surface area contributed by atoms with Crippen LogP contribution >= 0.6 is 0 Å². The first kappa shape index (κ1) is 24.2. The lowest BCUT2D eigenvalue weighted by Crippen LogP contribution is -2.47. The van der Waals surface area contributed by atoms with Crippen LogP contribution in [0, 0.1) is 5.92 Å². The van der Waals surface area contributed by atoms with Crippen LogP contribution in [-0.2, 0) is 14.8 Å². The third-order valence-electron chi connectivity index (χ3n) is 4.49. The average Bonchev–Trinajstić information content (AvgIpc) is 2.72. The van der Waals surface area contributed by atoms with Crippen LogP contribution in [0.15, 0.2) is 48.5 Å². The van der Waals surface area contributed by atoms with E-state index < -0.39 is 16.1 Å². The highest BCUT2D eigenvalue weighted by atomic mass is 32.2. The van der Waals surface area contributed by atoms with Gasteiger partial charge in [0.15, 0.2) is 0 Å². The molecule has 0 aliphatic heterocycles. The maximum atomic E-state index is 12.8. The number of methoxy groups -OCH3 is 1. The first-order valence-corrected chi connectivity index (χ1v) is 11.7. The van der Waals surface area contributed by atoms with Crippen molar-refractivity contribution < 1.29 is 22.7 Å². The lowest BCUT2D eigenvalue weighted by Gasteiger charge is -2.22. The van der Waals surface area contributed by atoms with Crippen LogP contribution in [0.5, 0.6) is 5.75 Å². The Balaban J connectivity index is 2.03. The number of benzene rings is 2. The molecule has 9 heteroatoms. The van der Waals surface area contributed by atoms with Crippen molar-refractivity contribution in [2.45, 2.75) is 33.2 Å². The second-order valence-electron chi connectivity index (χ2n) is 7.41. The second kappa shape index (κ2) is 10.8. The Hall–Kier alpha value is -3.07. The molecule has 2 amide bonds. The van der Waals surface area contributed by atoms with Gasteiger partial charge < -0.3 is 15.4 Å². The molecule has 0 saturated heterocycles. The summed E-state index contributed by atoms with van der Waals surface area (Å²) in [7, 11) is -1.84. The molecule has 2 rings (SSSR count). The molecule has 0 aliphatic carbocycles. The van der Waals surface area contributed by atoms with Gasteiger partial charge in [0.05, 0.1) is 12.9 Å². The van der Waals surface area contributed by atoms with Gasteiger partial charge in [-0.25, -0.2) is 8.42 Å². The summed E-state index contributed by atoms with van der Waals surface area (Å²) in [5.74, 6) is -0.207. The van der Waals surface area contributed by atoms with Crippen LogP contribution in [0.4, 0.5) is 11.4 Å². The summed E-state index contributed by atoms with van der Waals surface area (Å²) in [6, 6.07) is 12.2. The van der Waals surface area contributed by atoms with Crippen LogP contribution in [0.25, 0.3) is 0 Å². The number of anilines is 2. The van der Waals surface area contributed by atoms with E-state index in [-0.39, 0.29) is 23.5 Å². The summed E-state index contributed by atoms with van der Waals surface area (Å²) in [4.78, 5) is 25.3. The quantitative estimate of drug-likeness (QED) is 0.517. The van der Waals surface area contributed by atoms with Gasteiger partial charge in [0.1, 0.15) is 11.8 Å². The summed E-state index contributed by atoms with van der Waals surface area (Å²) in [5.41, 5.74) is 1.33. The molecule has 0 bridgehead atoms. The van der Waals surface area contributed by atoms with Gasteiger partial charge in [0.2, 0.25) is 15.9 Å². The summed E-state index contributed by atoms with van der Waals surface area (Å²) in [5, 5.41) is 5.53. The molecule has 0 heterocycles. The van der Waals surface area contributed by atoms with E-state index in [4.69, 9.17) is 4.74 Å². The first-order chi connectivity index (χ1) is 14.6. The number of carbonyl (C=O) groups is 2. The Kier molecular flexibility index (Phi) is 8.44. The average molecular weight is 448 g/mol. The number of amides is 2. The second-order valence-corrected chi connectivity index (χ2v) is 9.25. The molecule has 0 radical (unpaired) electrons. The monoisotopic (exact) mass is 447 g/mol. The zero-order chi connectivity index (χ0) is 23.0. The number of hydrogen-bond donors (Lipinski definition) is 3. The van der Waals surface area contributed by atoms with E-state index in [1.165, 1.54) is 0 Å². The molecule has 2 aromatic rings. The van der Waals surface area contributed by atoms with Gasteiger partial charge in [0.25, 0.3) is 5.91 Å². The van der Waals surface area contributed by atoms with Crippen LogP contribution in [0.3, 0.4) is 0 Å². The molecule has 0 aliphatic rings. The molecule has 0 saturated carbocycles. The maximum Gasteiger partial charge on any atom is 0.251 e. The van der Waals surface area contributed by atoms with Crippen LogP contribution in [0.2, 0.25) is 0 Å². The highest BCUT2D eigenvalue weighted by Gasteiger charge is 2.25. The number of carbonyl (C=O) groups excluding carboxylic acids is 2. The minimum absolute atomic E-state index is 0.0372. The van der Waals surface area contributed by atoms with Crippen LogP contribution in [-0.4, -0.2) is 39.1 Å². The predicted octanol–water partition coefficient (Wildman–Crippen LogP) is 3.24. The molecule has 0 aromatic heterocycles.